The monoisotopic (exact) mass is 296 g/mol. The first-order chi connectivity index (χ1) is 8.66. The van der Waals surface area contributed by atoms with Gasteiger partial charge >= 0.3 is 22.3 Å². The van der Waals surface area contributed by atoms with Crippen molar-refractivity contribution in [2.45, 2.75) is 26.7 Å². The smallest absolute Gasteiger partial charge is 0.421 e. The summed E-state index contributed by atoms with van der Waals surface area (Å²) in [6.45, 7) is 3.77. The number of carbonyl (C=O) groups excluding carboxylic acids is 1. The van der Waals surface area contributed by atoms with E-state index in [1.807, 2.05) is 13.8 Å². The van der Waals surface area contributed by atoms with Crippen LogP contribution in [0.4, 0.5) is 4.79 Å². The second kappa shape index (κ2) is 7.95. The molecule has 0 aromatic rings. The normalized spacial score (nSPS) is 13.1. The fourth-order valence-electron chi connectivity index (χ4n) is 1.57. The van der Waals surface area contributed by atoms with Crippen molar-refractivity contribution in [3.05, 3.63) is 0 Å². The number of nitrogens with one attached hydrogen (secondary N) is 2. The summed E-state index contributed by atoms with van der Waals surface area (Å²) in [4.78, 5) is 21.5. The summed E-state index contributed by atoms with van der Waals surface area (Å²) in [6.07, 6.45) is -0.683. The summed E-state index contributed by atoms with van der Waals surface area (Å²) in [5.74, 6) is -1.10. The minimum absolute atomic E-state index is 0.0587. The van der Waals surface area contributed by atoms with Crippen molar-refractivity contribution in [1.82, 2.24) is 9.44 Å². The molecule has 1 amide bonds. The van der Waals surface area contributed by atoms with Crippen LogP contribution >= 0.6 is 0 Å². The van der Waals surface area contributed by atoms with Gasteiger partial charge < -0.3 is 9.84 Å². The number of rotatable bonds is 8. The van der Waals surface area contributed by atoms with Crippen molar-refractivity contribution in [2.75, 3.05) is 13.7 Å². The molecule has 0 aliphatic carbocycles. The number of carboxylic acid groups (broad SMARTS) is 1. The Balaban J connectivity index is 4.44. The van der Waals surface area contributed by atoms with E-state index in [0.717, 1.165) is 7.11 Å². The average molecular weight is 296 g/mol. The van der Waals surface area contributed by atoms with E-state index in [9.17, 15) is 18.0 Å². The quantitative estimate of drug-likeness (QED) is 0.592. The van der Waals surface area contributed by atoms with E-state index in [2.05, 4.69) is 9.46 Å². The molecule has 9 heteroatoms. The van der Waals surface area contributed by atoms with Gasteiger partial charge in [-0.2, -0.15) is 13.1 Å². The molecule has 0 saturated carbocycles. The molecule has 112 valence electrons. The number of carbonyl (C=O) groups is 2. The molecular formula is C10H20N2O6S. The molecule has 0 bridgehead atoms. The van der Waals surface area contributed by atoms with Crippen LogP contribution in [0.3, 0.4) is 0 Å². The van der Waals surface area contributed by atoms with E-state index in [0.29, 0.717) is 6.42 Å². The minimum Gasteiger partial charge on any atom is -0.481 e. The van der Waals surface area contributed by atoms with Crippen LogP contribution in [-0.2, 0) is 19.7 Å². The van der Waals surface area contributed by atoms with Crippen molar-refractivity contribution in [2.24, 2.45) is 11.8 Å². The zero-order chi connectivity index (χ0) is 15.1. The third kappa shape index (κ3) is 9.25. The van der Waals surface area contributed by atoms with Crippen LogP contribution < -0.4 is 9.44 Å². The van der Waals surface area contributed by atoms with Gasteiger partial charge in [0.15, 0.2) is 0 Å². The molecule has 0 saturated heterocycles. The molecule has 0 unspecified atom stereocenters. The average Bonchev–Trinajstić information content (AvgIpc) is 2.24. The summed E-state index contributed by atoms with van der Waals surface area (Å²) in [5, 5.41) is 8.74. The van der Waals surface area contributed by atoms with Crippen LogP contribution in [0.1, 0.15) is 26.7 Å². The Morgan fingerprint density at radius 2 is 1.89 bits per heavy atom. The maximum Gasteiger partial charge on any atom is 0.421 e. The van der Waals surface area contributed by atoms with Crippen LogP contribution in [0.15, 0.2) is 0 Å². The van der Waals surface area contributed by atoms with Crippen molar-refractivity contribution in [3.63, 3.8) is 0 Å². The molecule has 8 nitrogen and oxygen atoms in total. The van der Waals surface area contributed by atoms with Gasteiger partial charge in [-0.1, -0.05) is 13.8 Å². The van der Waals surface area contributed by atoms with Gasteiger partial charge in [0.05, 0.1) is 7.11 Å². The summed E-state index contributed by atoms with van der Waals surface area (Å²) < 4.78 is 30.7. The van der Waals surface area contributed by atoms with E-state index in [-0.39, 0.29) is 24.8 Å². The number of hydrogen-bond donors (Lipinski definition) is 3. The Hall–Kier alpha value is -1.35. The lowest BCUT2D eigenvalue weighted by atomic mass is 9.94. The van der Waals surface area contributed by atoms with E-state index >= 15 is 0 Å². The fraction of sp³-hybridized carbons (Fsp3) is 0.800. The van der Waals surface area contributed by atoms with Crippen molar-refractivity contribution < 1.29 is 27.9 Å². The van der Waals surface area contributed by atoms with E-state index in [4.69, 9.17) is 5.11 Å². The molecule has 19 heavy (non-hydrogen) atoms. The molecular weight excluding hydrogens is 276 g/mol. The van der Waals surface area contributed by atoms with Gasteiger partial charge in [-0.05, 0) is 18.3 Å². The molecule has 0 rings (SSSR count). The molecule has 0 heterocycles. The Kier molecular flexibility index (Phi) is 7.38. The molecule has 0 aliphatic heterocycles. The van der Waals surface area contributed by atoms with Crippen molar-refractivity contribution >= 4 is 22.3 Å². The predicted molar refractivity (Wildman–Crippen MR) is 67.7 cm³/mol. The Labute approximate surface area is 112 Å². The van der Waals surface area contributed by atoms with Gasteiger partial charge in [0.25, 0.3) is 0 Å². The fourth-order valence-corrected chi connectivity index (χ4v) is 2.40. The third-order valence-electron chi connectivity index (χ3n) is 2.23. The summed E-state index contributed by atoms with van der Waals surface area (Å²) in [6, 6.07) is 0. The number of aliphatic carboxylic acids is 1. The Bertz CT molecular complexity index is 406. The highest BCUT2D eigenvalue weighted by Crippen LogP contribution is 2.14. The summed E-state index contributed by atoms with van der Waals surface area (Å²) in [7, 11) is -2.99. The van der Waals surface area contributed by atoms with Crippen LogP contribution in [-0.4, -0.2) is 39.2 Å². The first kappa shape index (κ1) is 17.6. The lowest BCUT2D eigenvalue weighted by Crippen LogP contribution is -2.42. The molecule has 0 aromatic carbocycles. The zero-order valence-electron chi connectivity index (χ0n) is 11.2. The van der Waals surface area contributed by atoms with Crippen molar-refractivity contribution in [3.8, 4) is 0 Å². The lowest BCUT2D eigenvalue weighted by Gasteiger charge is -2.17. The van der Waals surface area contributed by atoms with Gasteiger partial charge in [-0.15, -0.1) is 0 Å². The van der Waals surface area contributed by atoms with Crippen LogP contribution in [0.2, 0.25) is 0 Å². The number of carboxylic acids is 1. The van der Waals surface area contributed by atoms with E-state index < -0.39 is 22.3 Å². The third-order valence-corrected chi connectivity index (χ3v) is 3.22. The summed E-state index contributed by atoms with van der Waals surface area (Å²) >= 11 is 0. The van der Waals surface area contributed by atoms with E-state index in [1.54, 1.807) is 4.72 Å². The highest BCUT2D eigenvalue weighted by Gasteiger charge is 2.19. The second-order valence-corrected chi connectivity index (χ2v) is 6.04. The van der Waals surface area contributed by atoms with Crippen LogP contribution in [0.5, 0.6) is 0 Å². The highest BCUT2D eigenvalue weighted by atomic mass is 32.2. The first-order valence-corrected chi connectivity index (χ1v) is 7.21. The minimum atomic E-state index is -4.03. The number of methoxy groups -OCH3 is 1. The molecule has 0 aromatic heterocycles. The number of amides is 1. The topological polar surface area (TPSA) is 122 Å². The van der Waals surface area contributed by atoms with Gasteiger partial charge in [-0.3, -0.25) is 4.79 Å². The maximum atomic E-state index is 11.4. The molecule has 0 radical (unpaired) electrons. The highest BCUT2D eigenvalue weighted by molar-refractivity contribution is 7.88. The maximum absolute atomic E-state index is 11.4. The van der Waals surface area contributed by atoms with Gasteiger partial charge in [0.2, 0.25) is 0 Å². The van der Waals surface area contributed by atoms with Gasteiger partial charge in [0.1, 0.15) is 0 Å². The van der Waals surface area contributed by atoms with Crippen molar-refractivity contribution in [1.29, 1.82) is 0 Å². The second-order valence-electron chi connectivity index (χ2n) is 4.54. The summed E-state index contributed by atoms with van der Waals surface area (Å²) in [5.41, 5.74) is 0. The van der Waals surface area contributed by atoms with Gasteiger partial charge in [0, 0.05) is 13.0 Å². The van der Waals surface area contributed by atoms with Crippen LogP contribution in [0.25, 0.3) is 0 Å². The standard InChI is InChI=1S/C10H20N2O6S/c1-7(2)4-8(5-9(13)14)6-11-19(16,17)12-10(15)18-3/h7-8,11H,4-6H2,1-3H3,(H,12,15)(H,13,14)/t8-/m0/s1. The largest absolute Gasteiger partial charge is 0.481 e. The molecule has 3 N–H and O–H groups in total. The number of ether oxygens (including phenoxy) is 1. The lowest BCUT2D eigenvalue weighted by molar-refractivity contribution is -0.138. The number of hydrogen-bond acceptors (Lipinski definition) is 5. The zero-order valence-corrected chi connectivity index (χ0v) is 12.0. The van der Waals surface area contributed by atoms with Gasteiger partial charge in [-0.25, -0.2) is 9.52 Å². The Morgan fingerprint density at radius 1 is 1.32 bits per heavy atom. The van der Waals surface area contributed by atoms with Crippen LogP contribution in [0, 0.1) is 11.8 Å². The molecule has 0 fully saturated rings. The molecule has 0 aliphatic rings. The molecule has 1 atom stereocenters. The Morgan fingerprint density at radius 3 is 2.32 bits per heavy atom. The SMILES string of the molecule is COC(=O)NS(=O)(=O)NC[C@H](CC(=O)O)CC(C)C. The first-order valence-electron chi connectivity index (χ1n) is 5.73. The predicted octanol–water partition coefficient (Wildman–Crippen LogP) is 0.314. The van der Waals surface area contributed by atoms with E-state index in [1.165, 1.54) is 0 Å². The molecule has 0 spiro atoms.